The highest BCUT2D eigenvalue weighted by Crippen LogP contribution is 2.33. The highest BCUT2D eigenvalue weighted by atomic mass is 16.6. The van der Waals surface area contributed by atoms with E-state index in [1.54, 1.807) is 6.92 Å². The molecule has 1 aromatic heterocycles. The molecule has 1 heterocycles. The molecule has 0 saturated heterocycles. The zero-order chi connectivity index (χ0) is 18.1. The molecule has 0 aliphatic heterocycles. The summed E-state index contributed by atoms with van der Waals surface area (Å²) in [5.41, 5.74) is 2.90. The van der Waals surface area contributed by atoms with E-state index in [0.717, 1.165) is 41.3 Å². The molecule has 0 amide bonds. The lowest BCUT2D eigenvalue weighted by Gasteiger charge is -2.17. The minimum atomic E-state index is -0.726. The minimum absolute atomic E-state index is 0.260. The Bertz CT molecular complexity index is 862. The van der Waals surface area contributed by atoms with Crippen LogP contribution in [-0.2, 0) is 22.4 Å². The van der Waals surface area contributed by atoms with Gasteiger partial charge in [-0.2, -0.15) is 0 Å². The van der Waals surface area contributed by atoms with Gasteiger partial charge in [0.15, 0.2) is 6.10 Å². The number of hydrogen-bond donors (Lipinski definition) is 0. The highest BCUT2D eigenvalue weighted by Gasteiger charge is 2.23. The number of ether oxygens (including phenoxy) is 2. The van der Waals surface area contributed by atoms with Crippen molar-refractivity contribution < 1.29 is 18.7 Å². The van der Waals surface area contributed by atoms with Gasteiger partial charge in [0.05, 0.1) is 6.61 Å². The first-order chi connectivity index (χ1) is 11.9. The number of esters is 1. The van der Waals surface area contributed by atoms with Gasteiger partial charge in [0, 0.05) is 16.5 Å². The summed E-state index contributed by atoms with van der Waals surface area (Å²) in [5.74, 6) is 0.404. The Morgan fingerprint density at radius 2 is 1.92 bits per heavy atom. The predicted molar refractivity (Wildman–Crippen MR) is 95.1 cm³/mol. The van der Waals surface area contributed by atoms with Crippen LogP contribution in [0.5, 0.6) is 5.75 Å². The highest BCUT2D eigenvalue weighted by molar-refractivity contribution is 5.86. The summed E-state index contributed by atoms with van der Waals surface area (Å²) < 4.78 is 16.5. The van der Waals surface area contributed by atoms with Crippen molar-refractivity contribution in [3.05, 3.63) is 39.2 Å². The smallest absolute Gasteiger partial charge is 0.347 e. The third-order valence-corrected chi connectivity index (χ3v) is 4.53. The standard InChI is InChI=1S/C20H24O5/c1-11(2)10-23-19(21)13(4)24-17-9-8-15-14-6-5-7-16(14)20(22)25-18(15)12(17)3/h8-9,11,13H,5-7,10H2,1-4H3/t13-/m0/s1. The van der Waals surface area contributed by atoms with Crippen LogP contribution in [0.25, 0.3) is 11.0 Å². The molecule has 0 radical (unpaired) electrons. The Balaban J connectivity index is 1.88. The summed E-state index contributed by atoms with van der Waals surface area (Å²) >= 11 is 0. The maximum atomic E-state index is 12.2. The lowest BCUT2D eigenvalue weighted by Crippen LogP contribution is -2.27. The number of carbonyl (C=O) groups is 1. The van der Waals surface area contributed by atoms with Crippen molar-refractivity contribution in [1.82, 2.24) is 0 Å². The van der Waals surface area contributed by atoms with Crippen LogP contribution in [0.1, 0.15) is 43.9 Å². The normalized spacial score (nSPS) is 14.6. The van der Waals surface area contributed by atoms with Gasteiger partial charge < -0.3 is 13.9 Å². The van der Waals surface area contributed by atoms with Gasteiger partial charge in [-0.25, -0.2) is 9.59 Å². The van der Waals surface area contributed by atoms with Crippen molar-refractivity contribution in [3.63, 3.8) is 0 Å². The number of hydrogen-bond acceptors (Lipinski definition) is 5. The Hall–Kier alpha value is -2.30. The van der Waals surface area contributed by atoms with Gasteiger partial charge in [0.1, 0.15) is 11.3 Å². The quantitative estimate of drug-likeness (QED) is 0.613. The molecule has 5 heteroatoms. The maximum Gasteiger partial charge on any atom is 0.347 e. The Morgan fingerprint density at radius 3 is 2.64 bits per heavy atom. The number of rotatable bonds is 5. The summed E-state index contributed by atoms with van der Waals surface area (Å²) in [5, 5.41) is 0.965. The lowest BCUT2D eigenvalue weighted by atomic mass is 10.0. The summed E-state index contributed by atoms with van der Waals surface area (Å²) in [6.45, 7) is 7.82. The molecule has 0 fully saturated rings. The average Bonchev–Trinajstić information content (AvgIpc) is 3.06. The van der Waals surface area contributed by atoms with Crippen molar-refractivity contribution in [1.29, 1.82) is 0 Å². The van der Waals surface area contributed by atoms with Crippen LogP contribution in [0.4, 0.5) is 0 Å². The van der Waals surface area contributed by atoms with E-state index in [-0.39, 0.29) is 11.5 Å². The van der Waals surface area contributed by atoms with Crippen LogP contribution < -0.4 is 10.4 Å². The summed E-state index contributed by atoms with van der Waals surface area (Å²) in [6, 6.07) is 3.75. The first kappa shape index (κ1) is 17.5. The van der Waals surface area contributed by atoms with Crippen molar-refractivity contribution in [2.24, 2.45) is 5.92 Å². The molecule has 3 rings (SSSR count). The molecular weight excluding hydrogens is 320 g/mol. The molecule has 0 N–H and O–H groups in total. The van der Waals surface area contributed by atoms with Crippen LogP contribution in [0, 0.1) is 12.8 Å². The third-order valence-electron chi connectivity index (χ3n) is 4.53. The summed E-state index contributed by atoms with van der Waals surface area (Å²) in [7, 11) is 0. The molecule has 0 spiro atoms. The second kappa shape index (κ2) is 6.90. The summed E-state index contributed by atoms with van der Waals surface area (Å²) in [6.07, 6.45) is 1.93. The van der Waals surface area contributed by atoms with Gasteiger partial charge in [0.25, 0.3) is 0 Å². The van der Waals surface area contributed by atoms with Gasteiger partial charge in [-0.15, -0.1) is 0 Å². The molecule has 0 saturated carbocycles. The van der Waals surface area contributed by atoms with Crippen LogP contribution in [-0.4, -0.2) is 18.7 Å². The van der Waals surface area contributed by atoms with E-state index in [1.165, 1.54) is 0 Å². The molecule has 1 aromatic carbocycles. The van der Waals surface area contributed by atoms with Gasteiger partial charge in [-0.1, -0.05) is 13.8 Å². The van der Waals surface area contributed by atoms with E-state index >= 15 is 0 Å². The topological polar surface area (TPSA) is 65.7 Å². The zero-order valence-electron chi connectivity index (χ0n) is 15.2. The average molecular weight is 344 g/mol. The van der Waals surface area contributed by atoms with Gasteiger partial charge in [0.2, 0.25) is 0 Å². The maximum absolute atomic E-state index is 12.2. The van der Waals surface area contributed by atoms with Gasteiger partial charge in [-0.05, 0) is 56.7 Å². The minimum Gasteiger partial charge on any atom is -0.479 e. The third kappa shape index (κ3) is 3.41. The molecular formula is C20H24O5. The monoisotopic (exact) mass is 344 g/mol. The van der Waals surface area contributed by atoms with E-state index in [1.807, 2.05) is 32.9 Å². The fourth-order valence-electron chi connectivity index (χ4n) is 3.20. The number of aryl methyl sites for hydroxylation is 2. The number of benzene rings is 1. The second-order valence-electron chi connectivity index (χ2n) is 7.05. The molecule has 2 aromatic rings. The fourth-order valence-corrected chi connectivity index (χ4v) is 3.20. The molecule has 25 heavy (non-hydrogen) atoms. The fraction of sp³-hybridized carbons (Fsp3) is 0.500. The van der Waals surface area contributed by atoms with Crippen LogP contribution in [0.15, 0.2) is 21.3 Å². The summed E-state index contributed by atoms with van der Waals surface area (Å²) in [4.78, 5) is 24.2. The van der Waals surface area contributed by atoms with E-state index in [4.69, 9.17) is 13.9 Å². The Morgan fingerprint density at radius 1 is 1.20 bits per heavy atom. The van der Waals surface area contributed by atoms with Crippen molar-refractivity contribution >= 4 is 16.9 Å². The number of fused-ring (bicyclic) bond motifs is 3. The second-order valence-corrected chi connectivity index (χ2v) is 7.05. The van der Waals surface area contributed by atoms with Crippen molar-refractivity contribution in [3.8, 4) is 5.75 Å². The first-order valence-electron chi connectivity index (χ1n) is 8.80. The van der Waals surface area contributed by atoms with Crippen molar-refractivity contribution in [2.75, 3.05) is 6.61 Å². The van der Waals surface area contributed by atoms with E-state index < -0.39 is 12.1 Å². The Kier molecular flexibility index (Phi) is 4.84. The van der Waals surface area contributed by atoms with Crippen LogP contribution in [0.3, 0.4) is 0 Å². The van der Waals surface area contributed by atoms with E-state index in [0.29, 0.717) is 17.9 Å². The predicted octanol–water partition coefficient (Wildman–Crippen LogP) is 3.56. The number of carbonyl (C=O) groups excluding carboxylic acids is 1. The molecule has 5 nitrogen and oxygen atoms in total. The molecule has 1 aliphatic rings. The molecule has 0 unspecified atom stereocenters. The SMILES string of the molecule is Cc1c(O[C@@H](C)C(=O)OCC(C)C)ccc2c3c(c(=O)oc12)CCC3. The van der Waals surface area contributed by atoms with Gasteiger partial charge in [-0.3, -0.25) is 0 Å². The van der Waals surface area contributed by atoms with E-state index in [2.05, 4.69) is 0 Å². The molecule has 0 bridgehead atoms. The lowest BCUT2D eigenvalue weighted by molar-refractivity contribution is -0.152. The molecule has 1 aliphatic carbocycles. The first-order valence-corrected chi connectivity index (χ1v) is 8.80. The largest absolute Gasteiger partial charge is 0.479 e. The van der Waals surface area contributed by atoms with Crippen LogP contribution >= 0.6 is 0 Å². The zero-order valence-corrected chi connectivity index (χ0v) is 15.2. The Labute approximate surface area is 146 Å². The molecule has 134 valence electrons. The van der Waals surface area contributed by atoms with Crippen molar-refractivity contribution in [2.45, 2.75) is 53.1 Å². The molecule has 1 atom stereocenters. The van der Waals surface area contributed by atoms with E-state index in [9.17, 15) is 9.59 Å². The van der Waals surface area contributed by atoms with Gasteiger partial charge >= 0.3 is 11.6 Å². The van der Waals surface area contributed by atoms with Crippen LogP contribution in [0.2, 0.25) is 0 Å².